The van der Waals surface area contributed by atoms with Crippen molar-refractivity contribution in [1.82, 2.24) is 0 Å². The van der Waals surface area contributed by atoms with Crippen LogP contribution in [0.15, 0.2) is 24.3 Å². The van der Waals surface area contributed by atoms with Crippen molar-refractivity contribution in [2.45, 2.75) is 30.9 Å². The van der Waals surface area contributed by atoms with Gasteiger partial charge in [-0.15, -0.1) is 0 Å². The minimum Gasteiger partial charge on any atom is -0.283 e. The van der Waals surface area contributed by atoms with Gasteiger partial charge >= 0.3 is 0 Å². The molecule has 1 saturated carbocycles. The molecule has 0 atom stereocenters. The summed E-state index contributed by atoms with van der Waals surface area (Å²) in [6, 6.07) is 7.64. The lowest BCUT2D eigenvalue weighted by Crippen LogP contribution is -2.17. The van der Waals surface area contributed by atoms with Crippen molar-refractivity contribution >= 4 is 31.6 Å². The first-order valence-corrected chi connectivity index (χ1v) is 8.45. The van der Waals surface area contributed by atoms with E-state index in [4.69, 9.17) is 0 Å². The number of halogens is 1. The molecule has 0 aliphatic heterocycles. The van der Waals surface area contributed by atoms with Crippen molar-refractivity contribution in [2.24, 2.45) is 0 Å². The molecule has 1 aromatic carbocycles. The second kappa shape index (κ2) is 5.40. The molecule has 0 saturated heterocycles. The van der Waals surface area contributed by atoms with Gasteiger partial charge in [-0.1, -0.05) is 28.1 Å². The summed E-state index contributed by atoms with van der Waals surface area (Å²) in [4.78, 5) is 0. The Kier molecular flexibility index (Phi) is 4.09. The summed E-state index contributed by atoms with van der Waals surface area (Å²) >= 11 is 3.39. The third kappa shape index (κ3) is 3.71. The maximum absolute atomic E-state index is 11.8. The number of anilines is 1. The Bertz CT molecular complexity index is 483. The van der Waals surface area contributed by atoms with Crippen LogP contribution in [0.25, 0.3) is 0 Å². The maximum atomic E-state index is 11.8. The normalized spacial score (nSPS) is 15.8. The summed E-state index contributed by atoms with van der Waals surface area (Å²) in [6.07, 6.45) is 3.60. The van der Waals surface area contributed by atoms with E-state index >= 15 is 0 Å². The van der Waals surface area contributed by atoms with Crippen LogP contribution < -0.4 is 4.72 Å². The SMILES string of the molecule is O=S(=O)(Nc1cccc(CCCBr)c1)C1CC1. The molecule has 0 bridgehead atoms. The number of aryl methyl sites for hydroxylation is 1. The Morgan fingerprint density at radius 3 is 2.76 bits per heavy atom. The quantitative estimate of drug-likeness (QED) is 0.820. The number of benzene rings is 1. The van der Waals surface area contributed by atoms with Gasteiger partial charge in [-0.25, -0.2) is 8.42 Å². The molecule has 0 unspecified atom stereocenters. The van der Waals surface area contributed by atoms with Gasteiger partial charge < -0.3 is 0 Å². The van der Waals surface area contributed by atoms with Crippen LogP contribution in [-0.2, 0) is 16.4 Å². The number of rotatable bonds is 6. The lowest BCUT2D eigenvalue weighted by molar-refractivity contribution is 0.600. The van der Waals surface area contributed by atoms with Crippen LogP contribution in [0.2, 0.25) is 0 Å². The average molecular weight is 318 g/mol. The minimum absolute atomic E-state index is 0.173. The fourth-order valence-electron chi connectivity index (χ4n) is 1.69. The molecule has 17 heavy (non-hydrogen) atoms. The van der Waals surface area contributed by atoms with Crippen molar-refractivity contribution in [2.75, 3.05) is 10.1 Å². The molecule has 1 N–H and O–H groups in total. The Balaban J connectivity index is 2.05. The highest BCUT2D eigenvalue weighted by Gasteiger charge is 2.35. The number of sulfonamides is 1. The van der Waals surface area contributed by atoms with E-state index in [9.17, 15) is 8.42 Å². The molecule has 1 aromatic rings. The summed E-state index contributed by atoms with van der Waals surface area (Å²) in [5.74, 6) is 0. The van der Waals surface area contributed by atoms with Crippen molar-refractivity contribution in [3.05, 3.63) is 29.8 Å². The standard InChI is InChI=1S/C12H16BrNO2S/c13-8-2-4-10-3-1-5-11(9-10)14-17(15,16)12-6-7-12/h1,3,5,9,12,14H,2,4,6-8H2. The largest absolute Gasteiger partial charge is 0.283 e. The molecule has 3 nitrogen and oxygen atoms in total. The zero-order valence-electron chi connectivity index (χ0n) is 9.52. The fourth-order valence-corrected chi connectivity index (χ4v) is 3.35. The van der Waals surface area contributed by atoms with Gasteiger partial charge in [0.05, 0.1) is 5.25 Å². The summed E-state index contributed by atoms with van der Waals surface area (Å²) in [5, 5.41) is 0.791. The van der Waals surface area contributed by atoms with E-state index in [1.807, 2.05) is 18.2 Å². The van der Waals surface area contributed by atoms with Gasteiger partial charge in [0, 0.05) is 11.0 Å². The van der Waals surface area contributed by atoms with Gasteiger partial charge in [0.25, 0.3) is 0 Å². The van der Waals surface area contributed by atoms with E-state index in [0.717, 1.165) is 31.0 Å². The zero-order valence-corrected chi connectivity index (χ0v) is 11.9. The molecular weight excluding hydrogens is 302 g/mol. The fraction of sp³-hybridized carbons (Fsp3) is 0.500. The van der Waals surface area contributed by atoms with Crippen molar-refractivity contribution in [3.8, 4) is 0 Å². The van der Waals surface area contributed by atoms with Crippen LogP contribution in [0, 0.1) is 0 Å². The van der Waals surface area contributed by atoms with E-state index in [1.54, 1.807) is 6.07 Å². The molecule has 1 fully saturated rings. The number of hydrogen-bond donors (Lipinski definition) is 1. The lowest BCUT2D eigenvalue weighted by Gasteiger charge is -2.08. The van der Waals surface area contributed by atoms with Crippen molar-refractivity contribution in [1.29, 1.82) is 0 Å². The number of hydrogen-bond acceptors (Lipinski definition) is 2. The molecule has 1 aliphatic carbocycles. The van der Waals surface area contributed by atoms with Crippen molar-refractivity contribution < 1.29 is 8.42 Å². The highest BCUT2D eigenvalue weighted by molar-refractivity contribution is 9.09. The molecule has 94 valence electrons. The Morgan fingerprint density at radius 2 is 2.12 bits per heavy atom. The Hall–Kier alpha value is -0.550. The van der Waals surface area contributed by atoms with Gasteiger partial charge in [-0.3, -0.25) is 4.72 Å². The molecule has 5 heteroatoms. The first-order valence-electron chi connectivity index (χ1n) is 5.78. The van der Waals surface area contributed by atoms with Crippen molar-refractivity contribution in [3.63, 3.8) is 0 Å². The monoisotopic (exact) mass is 317 g/mol. The third-order valence-corrected chi connectivity index (χ3v) is 5.18. The molecule has 0 aromatic heterocycles. The topological polar surface area (TPSA) is 46.2 Å². The molecular formula is C12H16BrNO2S. The lowest BCUT2D eigenvalue weighted by atomic mass is 10.1. The zero-order chi connectivity index (χ0) is 12.3. The van der Waals surface area contributed by atoms with Crippen LogP contribution in [0.1, 0.15) is 24.8 Å². The predicted molar refractivity (Wildman–Crippen MR) is 74.1 cm³/mol. The van der Waals surface area contributed by atoms with Crippen LogP contribution in [0.3, 0.4) is 0 Å². The Labute approximate surface area is 111 Å². The molecule has 0 radical (unpaired) electrons. The van der Waals surface area contributed by atoms with E-state index in [0.29, 0.717) is 5.69 Å². The van der Waals surface area contributed by atoms with E-state index in [1.165, 1.54) is 5.56 Å². The second-order valence-corrected chi connectivity index (χ2v) is 7.09. The minimum atomic E-state index is -3.14. The van der Waals surface area contributed by atoms with Gasteiger partial charge in [0.2, 0.25) is 10.0 Å². The van der Waals surface area contributed by atoms with Gasteiger partial charge in [-0.05, 0) is 43.4 Å². The van der Waals surface area contributed by atoms with Gasteiger partial charge in [0.15, 0.2) is 0 Å². The highest BCUT2D eigenvalue weighted by atomic mass is 79.9. The number of alkyl halides is 1. The third-order valence-electron chi connectivity index (χ3n) is 2.75. The van der Waals surface area contributed by atoms with Crippen LogP contribution >= 0.6 is 15.9 Å². The predicted octanol–water partition coefficient (Wildman–Crippen LogP) is 2.92. The summed E-state index contributed by atoms with van der Waals surface area (Å²) in [5.41, 5.74) is 1.85. The summed E-state index contributed by atoms with van der Waals surface area (Å²) < 4.78 is 26.2. The summed E-state index contributed by atoms with van der Waals surface area (Å²) in [6.45, 7) is 0. The summed E-state index contributed by atoms with van der Waals surface area (Å²) in [7, 11) is -3.14. The van der Waals surface area contributed by atoms with Crippen LogP contribution in [0.4, 0.5) is 5.69 Å². The molecule has 0 heterocycles. The smallest absolute Gasteiger partial charge is 0.235 e. The molecule has 0 amide bonds. The maximum Gasteiger partial charge on any atom is 0.235 e. The van der Waals surface area contributed by atoms with E-state index < -0.39 is 10.0 Å². The molecule has 2 rings (SSSR count). The van der Waals surface area contributed by atoms with E-state index in [-0.39, 0.29) is 5.25 Å². The molecule has 0 spiro atoms. The van der Waals surface area contributed by atoms with Gasteiger partial charge in [0.1, 0.15) is 0 Å². The van der Waals surface area contributed by atoms with Crippen LogP contribution in [0.5, 0.6) is 0 Å². The van der Waals surface area contributed by atoms with Crippen LogP contribution in [-0.4, -0.2) is 19.0 Å². The van der Waals surface area contributed by atoms with Gasteiger partial charge in [-0.2, -0.15) is 0 Å². The molecule has 1 aliphatic rings. The highest BCUT2D eigenvalue weighted by Crippen LogP contribution is 2.29. The first-order chi connectivity index (χ1) is 8.12. The Morgan fingerprint density at radius 1 is 1.35 bits per heavy atom. The second-order valence-electron chi connectivity index (χ2n) is 4.34. The first kappa shape index (κ1) is 12.9. The number of nitrogens with one attached hydrogen (secondary N) is 1. The average Bonchev–Trinajstić information content (AvgIpc) is 3.10. The van der Waals surface area contributed by atoms with E-state index in [2.05, 4.69) is 20.7 Å².